The zero-order valence-electron chi connectivity index (χ0n) is 11.2. The van der Waals surface area contributed by atoms with Crippen LogP contribution in [-0.4, -0.2) is 33.9 Å². The summed E-state index contributed by atoms with van der Waals surface area (Å²) in [6.45, 7) is 8.72. The van der Waals surface area contributed by atoms with E-state index in [-0.39, 0.29) is 6.10 Å². The fraction of sp³-hybridized carbons (Fsp3) is 0.769. The number of imidazole rings is 1. The number of aryl methyl sites for hydroxylation is 1. The third-order valence-electron chi connectivity index (χ3n) is 3.40. The summed E-state index contributed by atoms with van der Waals surface area (Å²) < 4.78 is 2.11. The van der Waals surface area contributed by atoms with E-state index in [1.54, 1.807) is 0 Å². The van der Waals surface area contributed by atoms with E-state index in [0.29, 0.717) is 12.5 Å². The van der Waals surface area contributed by atoms with Crippen LogP contribution in [0.1, 0.15) is 32.5 Å². The second-order valence-electron chi connectivity index (χ2n) is 4.52. The van der Waals surface area contributed by atoms with Crippen molar-refractivity contribution in [2.45, 2.75) is 46.3 Å². The van der Waals surface area contributed by atoms with Gasteiger partial charge in [-0.2, -0.15) is 0 Å². The Morgan fingerprint density at radius 2 is 2.12 bits per heavy atom. The molecule has 0 saturated carbocycles. The van der Waals surface area contributed by atoms with Crippen molar-refractivity contribution in [2.24, 2.45) is 5.92 Å². The zero-order valence-corrected chi connectivity index (χ0v) is 11.2. The highest BCUT2D eigenvalue weighted by atomic mass is 16.3. The van der Waals surface area contributed by atoms with E-state index in [4.69, 9.17) is 0 Å². The molecule has 0 fully saturated rings. The Balaban J connectivity index is 2.18. The molecule has 1 atom stereocenters. The number of rotatable bonds is 8. The first-order valence-corrected chi connectivity index (χ1v) is 6.55. The van der Waals surface area contributed by atoms with Gasteiger partial charge in [-0.15, -0.1) is 0 Å². The van der Waals surface area contributed by atoms with E-state index in [1.807, 2.05) is 19.3 Å². The molecule has 1 aromatic heterocycles. The van der Waals surface area contributed by atoms with Gasteiger partial charge < -0.3 is 15.0 Å². The number of aliphatic hydroxyl groups excluding tert-OH is 1. The molecule has 17 heavy (non-hydrogen) atoms. The summed E-state index contributed by atoms with van der Waals surface area (Å²) in [5.41, 5.74) is 0. The Labute approximate surface area is 104 Å². The molecule has 0 saturated heterocycles. The van der Waals surface area contributed by atoms with E-state index in [1.165, 1.54) is 0 Å². The molecule has 4 heteroatoms. The SMILES string of the molecule is CCC(CC)C(O)CNCCn1ccnc1C. The summed E-state index contributed by atoms with van der Waals surface area (Å²) in [6, 6.07) is 0. The molecule has 0 spiro atoms. The van der Waals surface area contributed by atoms with Crippen molar-refractivity contribution in [3.8, 4) is 0 Å². The van der Waals surface area contributed by atoms with Crippen LogP contribution >= 0.6 is 0 Å². The average molecular weight is 239 g/mol. The number of hydrogen-bond acceptors (Lipinski definition) is 3. The minimum absolute atomic E-state index is 0.228. The second kappa shape index (κ2) is 7.45. The van der Waals surface area contributed by atoms with Crippen molar-refractivity contribution in [3.05, 3.63) is 18.2 Å². The summed E-state index contributed by atoms with van der Waals surface area (Å²) in [5, 5.41) is 13.2. The molecule has 0 radical (unpaired) electrons. The molecule has 98 valence electrons. The van der Waals surface area contributed by atoms with Crippen LogP contribution < -0.4 is 5.32 Å². The number of nitrogens with zero attached hydrogens (tertiary/aromatic N) is 2. The topological polar surface area (TPSA) is 50.1 Å². The number of hydrogen-bond donors (Lipinski definition) is 2. The van der Waals surface area contributed by atoms with E-state index in [2.05, 4.69) is 28.7 Å². The smallest absolute Gasteiger partial charge is 0.105 e. The maximum Gasteiger partial charge on any atom is 0.105 e. The highest BCUT2D eigenvalue weighted by Crippen LogP contribution is 2.11. The Hall–Kier alpha value is -0.870. The molecule has 0 aliphatic carbocycles. The van der Waals surface area contributed by atoms with Crippen LogP contribution in [0, 0.1) is 12.8 Å². The van der Waals surface area contributed by atoms with Crippen LogP contribution in [0.4, 0.5) is 0 Å². The monoisotopic (exact) mass is 239 g/mol. The van der Waals surface area contributed by atoms with Crippen LogP contribution in [0.3, 0.4) is 0 Å². The van der Waals surface area contributed by atoms with E-state index in [9.17, 15) is 5.11 Å². The summed E-state index contributed by atoms with van der Waals surface area (Å²) in [7, 11) is 0. The lowest BCUT2D eigenvalue weighted by Crippen LogP contribution is -2.34. The predicted molar refractivity (Wildman–Crippen MR) is 69.9 cm³/mol. The molecular formula is C13H25N3O. The van der Waals surface area contributed by atoms with Crippen molar-refractivity contribution in [3.63, 3.8) is 0 Å². The van der Waals surface area contributed by atoms with Gasteiger partial charge in [0, 0.05) is 32.0 Å². The van der Waals surface area contributed by atoms with Gasteiger partial charge in [0.1, 0.15) is 5.82 Å². The first kappa shape index (κ1) is 14.2. The summed E-state index contributed by atoms with van der Waals surface area (Å²) in [5.74, 6) is 1.45. The van der Waals surface area contributed by atoms with Gasteiger partial charge in [-0.25, -0.2) is 4.98 Å². The lowest BCUT2D eigenvalue weighted by atomic mass is 9.97. The highest BCUT2D eigenvalue weighted by molar-refractivity contribution is 4.88. The minimum atomic E-state index is -0.228. The molecule has 2 N–H and O–H groups in total. The molecule has 0 aliphatic heterocycles. The highest BCUT2D eigenvalue weighted by Gasteiger charge is 2.14. The molecule has 0 aliphatic rings. The normalized spacial score (nSPS) is 13.2. The van der Waals surface area contributed by atoms with Crippen molar-refractivity contribution < 1.29 is 5.11 Å². The maximum atomic E-state index is 9.94. The Kier molecular flexibility index (Phi) is 6.22. The molecule has 0 bridgehead atoms. The molecule has 0 amide bonds. The van der Waals surface area contributed by atoms with Gasteiger partial charge in [0.2, 0.25) is 0 Å². The number of nitrogens with one attached hydrogen (secondary N) is 1. The van der Waals surface area contributed by atoms with Crippen LogP contribution in [0.2, 0.25) is 0 Å². The van der Waals surface area contributed by atoms with Crippen LogP contribution in [0.25, 0.3) is 0 Å². The Morgan fingerprint density at radius 1 is 1.41 bits per heavy atom. The molecule has 1 heterocycles. The van der Waals surface area contributed by atoms with Crippen LogP contribution in [0.5, 0.6) is 0 Å². The van der Waals surface area contributed by atoms with Crippen molar-refractivity contribution >= 4 is 0 Å². The third-order valence-corrected chi connectivity index (χ3v) is 3.40. The van der Waals surface area contributed by atoms with Crippen molar-refractivity contribution in [1.82, 2.24) is 14.9 Å². The van der Waals surface area contributed by atoms with Gasteiger partial charge in [-0.3, -0.25) is 0 Å². The van der Waals surface area contributed by atoms with Gasteiger partial charge in [0.05, 0.1) is 6.10 Å². The van der Waals surface area contributed by atoms with Gasteiger partial charge in [0.15, 0.2) is 0 Å². The van der Waals surface area contributed by atoms with E-state index >= 15 is 0 Å². The molecule has 4 nitrogen and oxygen atoms in total. The van der Waals surface area contributed by atoms with Gasteiger partial charge in [-0.05, 0) is 12.8 Å². The molecular weight excluding hydrogens is 214 g/mol. The minimum Gasteiger partial charge on any atom is -0.392 e. The largest absolute Gasteiger partial charge is 0.392 e. The predicted octanol–water partition coefficient (Wildman–Crippen LogP) is 1.58. The number of aliphatic hydroxyl groups is 1. The fourth-order valence-corrected chi connectivity index (χ4v) is 2.09. The van der Waals surface area contributed by atoms with E-state index in [0.717, 1.165) is 31.8 Å². The average Bonchev–Trinajstić information content (AvgIpc) is 2.72. The zero-order chi connectivity index (χ0) is 12.7. The van der Waals surface area contributed by atoms with E-state index < -0.39 is 0 Å². The fourth-order valence-electron chi connectivity index (χ4n) is 2.09. The summed E-state index contributed by atoms with van der Waals surface area (Å²) >= 11 is 0. The van der Waals surface area contributed by atoms with Crippen LogP contribution in [-0.2, 0) is 6.54 Å². The van der Waals surface area contributed by atoms with Crippen LogP contribution in [0.15, 0.2) is 12.4 Å². The molecule has 1 aromatic rings. The standard InChI is InChI=1S/C13H25N3O/c1-4-12(5-2)13(17)10-14-6-8-16-9-7-15-11(16)3/h7,9,12-14,17H,4-6,8,10H2,1-3H3. The van der Waals surface area contributed by atoms with Gasteiger partial charge >= 0.3 is 0 Å². The second-order valence-corrected chi connectivity index (χ2v) is 4.52. The van der Waals surface area contributed by atoms with Crippen molar-refractivity contribution in [2.75, 3.05) is 13.1 Å². The third kappa shape index (κ3) is 4.48. The lowest BCUT2D eigenvalue weighted by molar-refractivity contribution is 0.101. The van der Waals surface area contributed by atoms with Gasteiger partial charge in [-0.1, -0.05) is 26.7 Å². The van der Waals surface area contributed by atoms with Crippen molar-refractivity contribution in [1.29, 1.82) is 0 Å². The molecule has 1 rings (SSSR count). The molecule has 1 unspecified atom stereocenters. The first-order chi connectivity index (χ1) is 8.19. The Bertz CT molecular complexity index is 307. The maximum absolute atomic E-state index is 9.94. The summed E-state index contributed by atoms with van der Waals surface area (Å²) in [4.78, 5) is 4.17. The first-order valence-electron chi connectivity index (χ1n) is 6.55. The lowest BCUT2D eigenvalue weighted by Gasteiger charge is -2.20. The molecule has 0 aromatic carbocycles. The summed E-state index contributed by atoms with van der Waals surface area (Å²) in [6.07, 6.45) is 5.65. The quantitative estimate of drug-likeness (QED) is 0.677. The van der Waals surface area contributed by atoms with Gasteiger partial charge in [0.25, 0.3) is 0 Å². The Morgan fingerprint density at radius 3 is 2.65 bits per heavy atom. The number of aromatic nitrogens is 2.